The standard InChI is InChI=1S/C39H43F3O5/c1-5-6-26-7-11-29(12-8-26)31-15-16-33(34(40)18-31)32-19-35(41)37(36(42)20-32)30-13-9-27(10-14-30)17-28(22-46-38(44)24(2)3)23-47-39(45)25(4)21-43/h9-10,13-16,18-20,26,28-29,43H,2,4-8,11-12,17,21-23H2,1,3H3. The van der Waals surface area contributed by atoms with Crippen LogP contribution in [0.15, 0.2) is 78.9 Å². The maximum absolute atomic E-state index is 15.4. The van der Waals surface area contributed by atoms with Gasteiger partial charge in [0.2, 0.25) is 0 Å². The van der Waals surface area contributed by atoms with E-state index in [1.165, 1.54) is 25.8 Å². The van der Waals surface area contributed by atoms with E-state index >= 15 is 13.2 Å². The van der Waals surface area contributed by atoms with E-state index in [4.69, 9.17) is 14.6 Å². The topological polar surface area (TPSA) is 72.8 Å². The molecule has 0 heterocycles. The first kappa shape index (κ1) is 35.7. The van der Waals surface area contributed by atoms with Crippen LogP contribution in [0.4, 0.5) is 13.2 Å². The molecule has 1 aliphatic rings. The van der Waals surface area contributed by atoms with Gasteiger partial charge in [0, 0.05) is 17.1 Å². The van der Waals surface area contributed by atoms with Crippen molar-refractivity contribution in [3.63, 3.8) is 0 Å². The van der Waals surface area contributed by atoms with Crippen molar-refractivity contribution < 1.29 is 37.3 Å². The number of halogens is 3. The maximum atomic E-state index is 15.4. The molecule has 0 radical (unpaired) electrons. The van der Waals surface area contributed by atoms with Gasteiger partial charge in [-0.25, -0.2) is 22.8 Å². The summed E-state index contributed by atoms with van der Waals surface area (Å²) in [6.45, 7) is 9.96. The Morgan fingerprint density at radius 1 is 0.851 bits per heavy atom. The van der Waals surface area contributed by atoms with Gasteiger partial charge in [-0.3, -0.25) is 0 Å². The maximum Gasteiger partial charge on any atom is 0.335 e. The molecule has 47 heavy (non-hydrogen) atoms. The lowest BCUT2D eigenvalue weighted by molar-refractivity contribution is -0.144. The summed E-state index contributed by atoms with van der Waals surface area (Å²) in [5.41, 5.74) is 2.11. The first-order valence-electron chi connectivity index (χ1n) is 16.2. The molecule has 0 saturated heterocycles. The molecule has 0 spiro atoms. The van der Waals surface area contributed by atoms with E-state index in [1.54, 1.807) is 30.3 Å². The summed E-state index contributed by atoms with van der Waals surface area (Å²) in [5, 5.41) is 9.11. The van der Waals surface area contributed by atoms with Gasteiger partial charge in [0.1, 0.15) is 17.5 Å². The van der Waals surface area contributed by atoms with Gasteiger partial charge in [-0.2, -0.15) is 0 Å². The minimum atomic E-state index is -0.814. The van der Waals surface area contributed by atoms with Crippen LogP contribution in [0.5, 0.6) is 0 Å². The number of rotatable bonds is 14. The van der Waals surface area contributed by atoms with Crippen LogP contribution in [-0.4, -0.2) is 36.9 Å². The molecule has 250 valence electrons. The predicted molar refractivity (Wildman–Crippen MR) is 177 cm³/mol. The van der Waals surface area contributed by atoms with Crippen molar-refractivity contribution in [1.29, 1.82) is 0 Å². The van der Waals surface area contributed by atoms with Crippen molar-refractivity contribution in [3.05, 3.63) is 107 Å². The lowest BCUT2D eigenvalue weighted by atomic mass is 9.77. The number of carbonyl (C=O) groups is 2. The Balaban J connectivity index is 1.47. The summed E-state index contributed by atoms with van der Waals surface area (Å²) in [5.74, 6) is -2.90. The average Bonchev–Trinajstić information content (AvgIpc) is 3.06. The van der Waals surface area contributed by atoms with E-state index in [0.717, 1.165) is 54.9 Å². The van der Waals surface area contributed by atoms with Gasteiger partial charge < -0.3 is 14.6 Å². The first-order chi connectivity index (χ1) is 22.5. The quantitative estimate of drug-likeness (QED) is 0.140. The predicted octanol–water partition coefficient (Wildman–Crippen LogP) is 8.88. The highest BCUT2D eigenvalue weighted by atomic mass is 19.1. The highest BCUT2D eigenvalue weighted by Crippen LogP contribution is 2.39. The van der Waals surface area contributed by atoms with Crippen molar-refractivity contribution in [3.8, 4) is 22.3 Å². The highest BCUT2D eigenvalue weighted by molar-refractivity contribution is 5.88. The van der Waals surface area contributed by atoms with Gasteiger partial charge in [-0.15, -0.1) is 0 Å². The Morgan fingerprint density at radius 2 is 1.47 bits per heavy atom. The number of benzene rings is 3. The third kappa shape index (κ3) is 9.44. The van der Waals surface area contributed by atoms with E-state index < -0.39 is 41.9 Å². The minimum Gasteiger partial charge on any atom is -0.462 e. The third-order valence-electron chi connectivity index (χ3n) is 8.86. The Labute approximate surface area is 275 Å². The lowest BCUT2D eigenvalue weighted by Crippen LogP contribution is -2.24. The second kappa shape index (κ2) is 16.6. The number of esters is 2. The van der Waals surface area contributed by atoms with Crippen LogP contribution in [-0.2, 0) is 25.5 Å². The Hall–Kier alpha value is -4.17. The number of hydrogen-bond acceptors (Lipinski definition) is 5. The summed E-state index contributed by atoms with van der Waals surface area (Å²) in [7, 11) is 0. The lowest BCUT2D eigenvalue weighted by Gasteiger charge is -2.28. The molecular weight excluding hydrogens is 605 g/mol. The molecule has 1 N–H and O–H groups in total. The molecule has 1 aliphatic carbocycles. The number of aliphatic hydroxyl groups is 1. The summed E-state index contributed by atoms with van der Waals surface area (Å²) in [6, 6.07) is 13.8. The van der Waals surface area contributed by atoms with Gasteiger partial charge in [-0.1, -0.05) is 69.3 Å². The molecule has 4 rings (SSSR count). The second-order valence-corrected chi connectivity index (χ2v) is 12.6. The SMILES string of the molecule is C=C(C)C(=O)OCC(COC(=O)C(=C)CO)Cc1ccc(-c2c(F)cc(-c3ccc(C4CCC(CCC)CC4)cc3F)cc2F)cc1. The van der Waals surface area contributed by atoms with Crippen LogP contribution in [0.25, 0.3) is 22.3 Å². The third-order valence-corrected chi connectivity index (χ3v) is 8.86. The average molecular weight is 649 g/mol. The second-order valence-electron chi connectivity index (χ2n) is 12.6. The minimum absolute atomic E-state index is 0.0747. The molecule has 8 heteroatoms. The number of ether oxygens (including phenoxy) is 2. The molecular formula is C39H43F3O5. The van der Waals surface area contributed by atoms with Gasteiger partial charge in [-0.05, 0) is 91.3 Å². The van der Waals surface area contributed by atoms with E-state index in [-0.39, 0.29) is 41.1 Å². The Kier molecular flexibility index (Phi) is 12.6. The van der Waals surface area contributed by atoms with Crippen molar-refractivity contribution in [2.75, 3.05) is 19.8 Å². The van der Waals surface area contributed by atoms with Crippen molar-refractivity contribution in [2.24, 2.45) is 11.8 Å². The molecule has 1 atom stereocenters. The number of hydrogen-bond donors (Lipinski definition) is 1. The molecule has 0 bridgehead atoms. The number of carbonyl (C=O) groups excluding carboxylic acids is 2. The van der Waals surface area contributed by atoms with Gasteiger partial charge >= 0.3 is 11.9 Å². The first-order valence-corrected chi connectivity index (χ1v) is 16.2. The molecule has 1 unspecified atom stereocenters. The van der Waals surface area contributed by atoms with Crippen molar-refractivity contribution in [1.82, 2.24) is 0 Å². The molecule has 0 aromatic heterocycles. The van der Waals surface area contributed by atoms with Gasteiger partial charge in [0.15, 0.2) is 0 Å². The molecule has 3 aromatic carbocycles. The van der Waals surface area contributed by atoms with Gasteiger partial charge in [0.05, 0.1) is 31.0 Å². The van der Waals surface area contributed by atoms with Crippen molar-refractivity contribution >= 4 is 11.9 Å². The van der Waals surface area contributed by atoms with Crippen LogP contribution in [0.2, 0.25) is 0 Å². The summed E-state index contributed by atoms with van der Waals surface area (Å²) in [4.78, 5) is 23.9. The molecule has 0 amide bonds. The van der Waals surface area contributed by atoms with Crippen LogP contribution < -0.4 is 0 Å². The molecule has 3 aromatic rings. The highest BCUT2D eigenvalue weighted by Gasteiger charge is 2.24. The summed E-state index contributed by atoms with van der Waals surface area (Å²) >= 11 is 0. The van der Waals surface area contributed by atoms with Crippen molar-refractivity contribution in [2.45, 2.75) is 64.7 Å². The smallest absolute Gasteiger partial charge is 0.335 e. The van der Waals surface area contributed by atoms with Gasteiger partial charge in [0.25, 0.3) is 0 Å². The molecule has 5 nitrogen and oxygen atoms in total. The zero-order valence-electron chi connectivity index (χ0n) is 27.1. The zero-order valence-corrected chi connectivity index (χ0v) is 27.1. The van der Waals surface area contributed by atoms with E-state index in [0.29, 0.717) is 17.9 Å². The van der Waals surface area contributed by atoms with Crippen LogP contribution in [0.3, 0.4) is 0 Å². The molecule has 0 aliphatic heterocycles. The molecule has 1 saturated carbocycles. The van der Waals surface area contributed by atoms with Crippen LogP contribution >= 0.6 is 0 Å². The molecule has 1 fully saturated rings. The normalized spacial score (nSPS) is 16.7. The fourth-order valence-corrected chi connectivity index (χ4v) is 6.20. The summed E-state index contributed by atoms with van der Waals surface area (Å²) in [6.07, 6.45) is 7.05. The zero-order chi connectivity index (χ0) is 34.1. The van der Waals surface area contributed by atoms with Crippen LogP contribution in [0.1, 0.15) is 69.4 Å². The fraction of sp³-hybridized carbons (Fsp3) is 0.385. The Bertz CT molecular complexity index is 1570. The largest absolute Gasteiger partial charge is 0.462 e. The van der Waals surface area contributed by atoms with E-state index in [9.17, 15) is 9.59 Å². The van der Waals surface area contributed by atoms with E-state index in [2.05, 4.69) is 20.1 Å². The van der Waals surface area contributed by atoms with Crippen LogP contribution in [0, 0.1) is 29.3 Å². The summed E-state index contributed by atoms with van der Waals surface area (Å²) < 4.78 is 56.6. The monoisotopic (exact) mass is 648 g/mol. The number of aliphatic hydroxyl groups excluding tert-OH is 1. The van der Waals surface area contributed by atoms with E-state index in [1.807, 2.05) is 6.07 Å². The fourth-order valence-electron chi connectivity index (χ4n) is 6.20. The Morgan fingerprint density at radius 3 is 2.02 bits per heavy atom.